The molecule has 0 fully saturated rings. The smallest absolute Gasteiger partial charge is 0.293 e. The van der Waals surface area contributed by atoms with E-state index in [1.54, 1.807) is 7.05 Å². The average molecular weight is 171 g/mol. The zero-order chi connectivity index (χ0) is 9.14. The van der Waals surface area contributed by atoms with Gasteiger partial charge in [-0.05, 0) is 12.0 Å². The summed E-state index contributed by atoms with van der Waals surface area (Å²) in [6.45, 7) is 0. The van der Waals surface area contributed by atoms with Crippen LogP contribution in [0, 0.1) is 0 Å². The summed E-state index contributed by atoms with van der Waals surface area (Å²) in [5.74, 6) is -0.172. The van der Waals surface area contributed by atoms with Gasteiger partial charge >= 0.3 is 0 Å². The maximum Gasteiger partial charge on any atom is 0.293 e. The van der Waals surface area contributed by atoms with Gasteiger partial charge in [0.2, 0.25) is 0 Å². The van der Waals surface area contributed by atoms with Crippen LogP contribution in [-0.2, 0) is 9.47 Å². The van der Waals surface area contributed by atoms with Gasteiger partial charge in [0.25, 0.3) is 6.02 Å². The molecule has 1 atom stereocenters. The third kappa shape index (κ3) is 1.50. The Labute approximate surface area is 70.9 Å². The van der Waals surface area contributed by atoms with Crippen LogP contribution in [0.2, 0.25) is 0 Å². The molecule has 5 nitrogen and oxygen atoms in total. The number of ether oxygens (including phenoxy) is 2. The van der Waals surface area contributed by atoms with Gasteiger partial charge in [0.05, 0.1) is 7.11 Å². The van der Waals surface area contributed by atoms with E-state index >= 15 is 0 Å². The number of amidine groups is 1. The molecule has 0 aromatic carbocycles. The Morgan fingerprint density at radius 1 is 1.58 bits per heavy atom. The number of hydrogen-bond acceptors (Lipinski definition) is 5. The SMILES string of the molecule is COC1=NC(OC)C=C([O-])N1C. The highest BCUT2D eigenvalue weighted by molar-refractivity contribution is 5.76. The lowest BCUT2D eigenvalue weighted by Crippen LogP contribution is -2.38. The van der Waals surface area contributed by atoms with Gasteiger partial charge in [0.1, 0.15) is 0 Å². The van der Waals surface area contributed by atoms with Crippen molar-refractivity contribution < 1.29 is 14.6 Å². The normalized spacial score (nSPS) is 23.2. The minimum Gasteiger partial charge on any atom is -0.860 e. The van der Waals surface area contributed by atoms with E-state index in [1.807, 2.05) is 0 Å². The standard InChI is InChI=1S/C7H12N2O3/c1-9-6(10)4-5(11-2)8-7(9)12-3/h4-5,10H,1-3H3/p-1. The highest BCUT2D eigenvalue weighted by Gasteiger charge is 2.14. The third-order valence-electron chi connectivity index (χ3n) is 1.56. The summed E-state index contributed by atoms with van der Waals surface area (Å²) in [4.78, 5) is 5.29. The average Bonchev–Trinajstić information content (AvgIpc) is 2.09. The molecule has 0 amide bonds. The van der Waals surface area contributed by atoms with Crippen molar-refractivity contribution >= 4 is 6.02 Å². The van der Waals surface area contributed by atoms with Crippen LogP contribution in [0.5, 0.6) is 0 Å². The van der Waals surface area contributed by atoms with Crippen LogP contribution in [-0.4, -0.2) is 38.4 Å². The van der Waals surface area contributed by atoms with Crippen molar-refractivity contribution in [1.82, 2.24) is 4.90 Å². The zero-order valence-electron chi connectivity index (χ0n) is 7.27. The van der Waals surface area contributed by atoms with Crippen molar-refractivity contribution in [1.29, 1.82) is 0 Å². The van der Waals surface area contributed by atoms with Crippen LogP contribution in [0.15, 0.2) is 17.0 Å². The lowest BCUT2D eigenvalue weighted by Gasteiger charge is -2.31. The molecule has 0 aromatic heterocycles. The Morgan fingerprint density at radius 2 is 2.25 bits per heavy atom. The fourth-order valence-corrected chi connectivity index (χ4v) is 0.871. The Morgan fingerprint density at radius 3 is 2.75 bits per heavy atom. The fraction of sp³-hybridized carbons (Fsp3) is 0.571. The number of aliphatic imine (C=N–C) groups is 1. The molecule has 1 rings (SSSR count). The molecule has 1 heterocycles. The Bertz CT molecular complexity index is 225. The lowest BCUT2D eigenvalue weighted by molar-refractivity contribution is -0.327. The molecule has 0 saturated heterocycles. The topological polar surface area (TPSA) is 57.1 Å². The second-order valence-electron chi connectivity index (χ2n) is 2.31. The Hall–Kier alpha value is -1.23. The molecule has 0 bridgehead atoms. The van der Waals surface area contributed by atoms with Gasteiger partial charge in [-0.1, -0.05) is 0 Å². The van der Waals surface area contributed by atoms with Gasteiger partial charge in [-0.25, -0.2) is 0 Å². The predicted molar refractivity (Wildman–Crippen MR) is 41.1 cm³/mol. The van der Waals surface area contributed by atoms with Crippen LogP contribution in [0.3, 0.4) is 0 Å². The van der Waals surface area contributed by atoms with E-state index < -0.39 is 6.23 Å². The summed E-state index contributed by atoms with van der Waals surface area (Å²) >= 11 is 0. The van der Waals surface area contributed by atoms with Crippen LogP contribution in [0.4, 0.5) is 0 Å². The maximum atomic E-state index is 11.2. The first-order valence-corrected chi connectivity index (χ1v) is 3.46. The molecule has 68 valence electrons. The minimum absolute atomic E-state index is 0.172. The van der Waals surface area contributed by atoms with E-state index in [0.717, 1.165) is 0 Å². The molecule has 12 heavy (non-hydrogen) atoms. The van der Waals surface area contributed by atoms with Gasteiger partial charge < -0.3 is 19.5 Å². The zero-order valence-corrected chi connectivity index (χ0v) is 7.27. The summed E-state index contributed by atoms with van der Waals surface area (Å²) in [5.41, 5.74) is 0. The molecule has 0 radical (unpaired) electrons. The predicted octanol–water partition coefficient (Wildman–Crippen LogP) is -0.892. The van der Waals surface area contributed by atoms with E-state index in [9.17, 15) is 5.11 Å². The number of hydrogen-bond donors (Lipinski definition) is 0. The first-order valence-electron chi connectivity index (χ1n) is 3.46. The molecular weight excluding hydrogens is 160 g/mol. The van der Waals surface area contributed by atoms with Crippen molar-refractivity contribution in [3.63, 3.8) is 0 Å². The first-order chi connectivity index (χ1) is 5.69. The molecule has 0 spiro atoms. The van der Waals surface area contributed by atoms with Crippen LogP contribution < -0.4 is 5.11 Å². The van der Waals surface area contributed by atoms with Crippen LogP contribution in [0.25, 0.3) is 0 Å². The van der Waals surface area contributed by atoms with Gasteiger partial charge in [-0.15, -0.1) is 0 Å². The second-order valence-corrected chi connectivity index (χ2v) is 2.31. The van der Waals surface area contributed by atoms with Crippen molar-refractivity contribution in [2.45, 2.75) is 6.23 Å². The monoisotopic (exact) mass is 171 g/mol. The highest BCUT2D eigenvalue weighted by Crippen LogP contribution is 2.09. The molecule has 5 heteroatoms. The molecule has 0 aliphatic carbocycles. The summed E-state index contributed by atoms with van der Waals surface area (Å²) in [5, 5.41) is 11.2. The highest BCUT2D eigenvalue weighted by atomic mass is 16.5. The number of rotatable bonds is 1. The van der Waals surface area contributed by atoms with Crippen molar-refractivity contribution in [3.8, 4) is 0 Å². The molecule has 1 aliphatic heterocycles. The molecule has 1 unspecified atom stereocenters. The van der Waals surface area contributed by atoms with Gasteiger partial charge in [-0.2, -0.15) is 4.99 Å². The summed E-state index contributed by atoms with van der Waals surface area (Å²) < 4.78 is 9.73. The molecule has 0 N–H and O–H groups in total. The van der Waals surface area contributed by atoms with Gasteiger partial charge in [0.15, 0.2) is 6.23 Å². The van der Waals surface area contributed by atoms with Crippen LogP contribution in [0.1, 0.15) is 0 Å². The van der Waals surface area contributed by atoms with Crippen molar-refractivity contribution in [2.75, 3.05) is 21.3 Å². The fourth-order valence-electron chi connectivity index (χ4n) is 0.871. The molecule has 1 aliphatic rings. The Balaban J connectivity index is 2.81. The van der Waals surface area contributed by atoms with Gasteiger partial charge in [0, 0.05) is 14.2 Å². The van der Waals surface area contributed by atoms with E-state index in [0.29, 0.717) is 0 Å². The molecule has 0 aromatic rings. The van der Waals surface area contributed by atoms with E-state index in [-0.39, 0.29) is 11.9 Å². The maximum absolute atomic E-state index is 11.2. The van der Waals surface area contributed by atoms with Crippen molar-refractivity contribution in [2.24, 2.45) is 4.99 Å². The first kappa shape index (κ1) is 8.86. The van der Waals surface area contributed by atoms with E-state index in [1.165, 1.54) is 25.2 Å². The summed E-state index contributed by atoms with van der Waals surface area (Å²) in [7, 11) is 4.53. The lowest BCUT2D eigenvalue weighted by atomic mass is 10.4. The number of methoxy groups -OCH3 is 2. The van der Waals surface area contributed by atoms with Crippen LogP contribution >= 0.6 is 0 Å². The quantitative estimate of drug-likeness (QED) is 0.513. The third-order valence-corrected chi connectivity index (χ3v) is 1.56. The Kier molecular flexibility index (Phi) is 2.54. The van der Waals surface area contributed by atoms with E-state index in [4.69, 9.17) is 9.47 Å². The van der Waals surface area contributed by atoms with E-state index in [2.05, 4.69) is 4.99 Å². The largest absolute Gasteiger partial charge is 0.860 e. The minimum atomic E-state index is -0.524. The van der Waals surface area contributed by atoms with Gasteiger partial charge in [-0.3, -0.25) is 0 Å². The summed E-state index contributed by atoms with van der Waals surface area (Å²) in [6.07, 6.45) is 0.853. The number of nitrogens with zero attached hydrogens (tertiary/aromatic N) is 2. The molecular formula is C7H11N2O3-. The van der Waals surface area contributed by atoms with Crippen molar-refractivity contribution in [3.05, 3.63) is 12.0 Å². The summed E-state index contributed by atoms with van der Waals surface area (Å²) in [6, 6.07) is 0.273. The second kappa shape index (κ2) is 3.44. The molecule has 0 saturated carbocycles.